The number of halogens is 1. The molecule has 0 atom stereocenters. The third-order valence-corrected chi connectivity index (χ3v) is 5.21. The lowest BCUT2D eigenvalue weighted by atomic mass is 9.99. The molecule has 1 N–H and O–H groups in total. The van der Waals surface area contributed by atoms with Crippen LogP contribution in [0.1, 0.15) is 21.5 Å². The Morgan fingerprint density at radius 2 is 1.77 bits per heavy atom. The first-order chi connectivity index (χ1) is 14.5. The molecule has 0 fully saturated rings. The number of methoxy groups -OCH3 is 1. The molecular weight excluding hydrogens is 396 g/mol. The van der Waals surface area contributed by atoms with Crippen molar-refractivity contribution in [1.82, 2.24) is 4.98 Å². The maximum Gasteiger partial charge on any atom is 0.256 e. The number of ether oxygens (including phenoxy) is 1. The maximum atomic E-state index is 13.4. The zero-order valence-corrected chi connectivity index (χ0v) is 17.7. The number of amides is 1. The fourth-order valence-corrected chi connectivity index (χ4v) is 3.77. The summed E-state index contributed by atoms with van der Waals surface area (Å²) in [6.45, 7) is 4.03. The summed E-state index contributed by atoms with van der Waals surface area (Å²) >= 11 is 6.13. The first-order valence-electron chi connectivity index (χ1n) is 9.58. The van der Waals surface area contributed by atoms with Gasteiger partial charge in [-0.3, -0.25) is 4.79 Å². The topological polar surface area (TPSA) is 51.2 Å². The van der Waals surface area contributed by atoms with Gasteiger partial charge in [0.2, 0.25) is 0 Å². The highest BCUT2D eigenvalue weighted by atomic mass is 35.5. The van der Waals surface area contributed by atoms with Crippen molar-refractivity contribution in [2.75, 3.05) is 12.4 Å². The van der Waals surface area contributed by atoms with Crippen LogP contribution in [-0.4, -0.2) is 18.0 Å². The monoisotopic (exact) mass is 416 g/mol. The van der Waals surface area contributed by atoms with Crippen LogP contribution in [0.15, 0.2) is 66.7 Å². The largest absolute Gasteiger partial charge is 0.495 e. The van der Waals surface area contributed by atoms with Crippen molar-refractivity contribution in [2.45, 2.75) is 13.8 Å². The van der Waals surface area contributed by atoms with E-state index >= 15 is 0 Å². The lowest BCUT2D eigenvalue weighted by Crippen LogP contribution is -2.14. The molecule has 150 valence electrons. The first-order valence-corrected chi connectivity index (χ1v) is 9.96. The van der Waals surface area contributed by atoms with Crippen molar-refractivity contribution >= 4 is 34.1 Å². The van der Waals surface area contributed by atoms with E-state index in [0.717, 1.165) is 33.3 Å². The third kappa shape index (κ3) is 3.87. The van der Waals surface area contributed by atoms with Crippen molar-refractivity contribution in [3.8, 4) is 17.0 Å². The number of aryl methyl sites for hydroxylation is 2. The number of nitrogens with one attached hydrogen (secondary N) is 1. The van der Waals surface area contributed by atoms with E-state index < -0.39 is 0 Å². The van der Waals surface area contributed by atoms with E-state index in [2.05, 4.69) is 11.4 Å². The van der Waals surface area contributed by atoms with Gasteiger partial charge in [0.25, 0.3) is 5.91 Å². The Kier molecular flexibility index (Phi) is 5.42. The number of fused-ring (bicyclic) bond motifs is 1. The molecule has 30 heavy (non-hydrogen) atoms. The minimum Gasteiger partial charge on any atom is -0.495 e. The Labute approximate surface area is 180 Å². The van der Waals surface area contributed by atoms with Crippen LogP contribution in [0.5, 0.6) is 5.75 Å². The van der Waals surface area contributed by atoms with Crippen LogP contribution < -0.4 is 10.1 Å². The van der Waals surface area contributed by atoms with Gasteiger partial charge in [-0.2, -0.15) is 0 Å². The van der Waals surface area contributed by atoms with E-state index in [9.17, 15) is 4.79 Å². The molecule has 1 aromatic heterocycles. The number of carbonyl (C=O) groups is 1. The number of anilines is 1. The predicted octanol–water partition coefficient (Wildman–Crippen LogP) is 6.43. The summed E-state index contributed by atoms with van der Waals surface area (Å²) in [5.41, 5.74) is 5.68. The molecule has 4 nitrogen and oxygen atoms in total. The smallest absolute Gasteiger partial charge is 0.256 e. The fraction of sp³-hybridized carbons (Fsp3) is 0.120. The number of aromatic nitrogens is 1. The van der Waals surface area contributed by atoms with Gasteiger partial charge in [0.1, 0.15) is 5.75 Å². The number of nitrogens with zero attached hydrogens (tertiary/aromatic N) is 1. The molecule has 0 radical (unpaired) electrons. The molecule has 0 aliphatic rings. The van der Waals surface area contributed by atoms with Crippen molar-refractivity contribution in [3.05, 3.63) is 88.4 Å². The predicted molar refractivity (Wildman–Crippen MR) is 123 cm³/mol. The summed E-state index contributed by atoms with van der Waals surface area (Å²) in [6, 6.07) is 20.9. The second-order valence-electron chi connectivity index (χ2n) is 7.20. The second kappa shape index (κ2) is 8.17. The number of hydrogen-bond acceptors (Lipinski definition) is 3. The van der Waals surface area contributed by atoms with Crippen LogP contribution in [0.4, 0.5) is 5.69 Å². The van der Waals surface area contributed by atoms with E-state index in [1.807, 2.05) is 56.3 Å². The minimum atomic E-state index is -0.245. The van der Waals surface area contributed by atoms with E-state index in [1.54, 1.807) is 25.3 Å². The highest BCUT2D eigenvalue weighted by Gasteiger charge is 2.17. The van der Waals surface area contributed by atoms with Crippen molar-refractivity contribution in [2.24, 2.45) is 0 Å². The Bertz CT molecular complexity index is 1250. The van der Waals surface area contributed by atoms with Gasteiger partial charge >= 0.3 is 0 Å². The first kappa shape index (κ1) is 19.9. The van der Waals surface area contributed by atoms with Crippen molar-refractivity contribution in [3.63, 3.8) is 0 Å². The van der Waals surface area contributed by atoms with Gasteiger partial charge in [-0.05, 0) is 49.7 Å². The van der Waals surface area contributed by atoms with Crippen molar-refractivity contribution in [1.29, 1.82) is 0 Å². The second-order valence-corrected chi connectivity index (χ2v) is 7.63. The average molecular weight is 417 g/mol. The molecule has 0 saturated carbocycles. The van der Waals surface area contributed by atoms with Crippen LogP contribution in [0.2, 0.25) is 5.02 Å². The number of carbonyl (C=O) groups excluding carboxylic acids is 1. The van der Waals surface area contributed by atoms with E-state index in [1.165, 1.54) is 0 Å². The molecule has 1 heterocycles. The van der Waals surface area contributed by atoms with Gasteiger partial charge in [0.05, 0.1) is 29.6 Å². The average Bonchev–Trinajstić information content (AvgIpc) is 2.74. The minimum absolute atomic E-state index is 0.245. The van der Waals surface area contributed by atoms with Gasteiger partial charge in [0.15, 0.2) is 0 Å². The Hall–Kier alpha value is -3.37. The Balaban J connectivity index is 1.88. The SMILES string of the molecule is COc1ccc(Cl)cc1NC(=O)c1cc(-c2ccccc2)nc2c(C)cc(C)cc12. The number of pyridine rings is 1. The summed E-state index contributed by atoms with van der Waals surface area (Å²) in [5.74, 6) is 0.298. The molecule has 0 bridgehead atoms. The lowest BCUT2D eigenvalue weighted by Gasteiger charge is -2.14. The summed E-state index contributed by atoms with van der Waals surface area (Å²) in [5, 5.41) is 4.28. The van der Waals surface area contributed by atoms with Gasteiger partial charge in [-0.1, -0.05) is 53.6 Å². The number of rotatable bonds is 4. The van der Waals surface area contributed by atoms with Gasteiger partial charge < -0.3 is 10.1 Å². The van der Waals surface area contributed by atoms with E-state index in [4.69, 9.17) is 21.3 Å². The molecular formula is C25H21ClN2O2. The van der Waals surface area contributed by atoms with Gasteiger partial charge in [-0.25, -0.2) is 4.98 Å². The molecule has 3 aromatic carbocycles. The zero-order valence-electron chi connectivity index (χ0n) is 17.0. The standard InChI is InChI=1S/C25H21ClN2O2/c1-15-11-16(2)24-19(12-15)20(14-21(27-24)17-7-5-4-6-8-17)25(29)28-22-13-18(26)9-10-23(22)30-3/h4-14H,1-3H3,(H,28,29). The molecule has 5 heteroatoms. The third-order valence-electron chi connectivity index (χ3n) is 4.97. The Morgan fingerprint density at radius 1 is 1.00 bits per heavy atom. The number of hydrogen-bond donors (Lipinski definition) is 1. The summed E-state index contributed by atoms with van der Waals surface area (Å²) in [6.07, 6.45) is 0. The molecule has 1 amide bonds. The normalized spacial score (nSPS) is 10.8. The van der Waals surface area contributed by atoms with E-state index in [-0.39, 0.29) is 5.91 Å². The van der Waals surface area contributed by atoms with Crippen LogP contribution >= 0.6 is 11.6 Å². The maximum absolute atomic E-state index is 13.4. The molecule has 0 aliphatic heterocycles. The Morgan fingerprint density at radius 3 is 2.50 bits per heavy atom. The van der Waals surface area contributed by atoms with Crippen molar-refractivity contribution < 1.29 is 9.53 Å². The van der Waals surface area contributed by atoms with E-state index in [0.29, 0.717) is 22.0 Å². The lowest BCUT2D eigenvalue weighted by molar-refractivity contribution is 0.102. The van der Waals surface area contributed by atoms with Crippen LogP contribution in [0.25, 0.3) is 22.2 Å². The van der Waals surface area contributed by atoms with Gasteiger partial charge in [-0.15, -0.1) is 0 Å². The highest BCUT2D eigenvalue weighted by molar-refractivity contribution is 6.31. The molecule has 0 spiro atoms. The molecule has 0 saturated heterocycles. The highest BCUT2D eigenvalue weighted by Crippen LogP contribution is 2.31. The summed E-state index contributed by atoms with van der Waals surface area (Å²) in [7, 11) is 1.56. The summed E-state index contributed by atoms with van der Waals surface area (Å²) in [4.78, 5) is 18.2. The van der Waals surface area contributed by atoms with Crippen LogP contribution in [-0.2, 0) is 0 Å². The molecule has 0 aliphatic carbocycles. The zero-order chi connectivity index (χ0) is 21.3. The molecule has 0 unspecified atom stereocenters. The fourth-order valence-electron chi connectivity index (χ4n) is 3.59. The number of benzene rings is 3. The van der Waals surface area contributed by atoms with Gasteiger partial charge in [0, 0.05) is 16.0 Å². The van der Waals surface area contributed by atoms with Crippen LogP contribution in [0.3, 0.4) is 0 Å². The molecule has 4 aromatic rings. The quantitative estimate of drug-likeness (QED) is 0.417. The molecule has 4 rings (SSSR count). The summed E-state index contributed by atoms with van der Waals surface area (Å²) < 4.78 is 5.37. The van der Waals surface area contributed by atoms with Crippen LogP contribution in [0, 0.1) is 13.8 Å².